The van der Waals surface area contributed by atoms with Gasteiger partial charge in [-0.3, -0.25) is 15.0 Å². The number of halogens is 2. The minimum Gasteiger partial charge on any atom is -0.493 e. The van der Waals surface area contributed by atoms with Crippen LogP contribution in [0.15, 0.2) is 70.7 Å². The monoisotopic (exact) mass is 556 g/mol. The molecule has 0 spiro atoms. The summed E-state index contributed by atoms with van der Waals surface area (Å²) in [6, 6.07) is 16.6. The lowest BCUT2D eigenvalue weighted by molar-refractivity contribution is -0.117. The van der Waals surface area contributed by atoms with E-state index in [1.54, 1.807) is 42.5 Å². The zero-order valence-corrected chi connectivity index (χ0v) is 20.6. The number of hydrogen-bond acceptors (Lipinski definition) is 5. The second kappa shape index (κ2) is 10.2. The molecule has 0 saturated carbocycles. The maximum absolute atomic E-state index is 12.9. The molecule has 10 heteroatoms. The Morgan fingerprint density at radius 2 is 1.83 bits per heavy atom. The first kappa shape index (κ1) is 24.3. The molecule has 178 valence electrons. The fourth-order valence-corrected chi connectivity index (χ4v) is 4.03. The zero-order valence-electron chi connectivity index (χ0n) is 18.2. The quantitative estimate of drug-likeness (QED) is 0.318. The van der Waals surface area contributed by atoms with E-state index in [9.17, 15) is 14.4 Å². The van der Waals surface area contributed by atoms with Crippen molar-refractivity contribution in [3.05, 3.63) is 92.4 Å². The molecule has 0 bridgehead atoms. The van der Waals surface area contributed by atoms with Crippen molar-refractivity contribution < 1.29 is 29.0 Å². The summed E-state index contributed by atoms with van der Waals surface area (Å²) >= 11 is 9.96. The van der Waals surface area contributed by atoms with Crippen LogP contribution in [0.25, 0.3) is 6.08 Å². The standard InChI is InChI=1S/C25H18BrClN2O6/c1-34-19-12-16(11-18-23(30)28-29(24(18)31)17-5-3-2-4-6-17)20(26)21(27)22(19)35-13-14-7-9-15(10-8-14)25(32)33/h2-12H,13H2,1H3,(H,28,30)(H,32,33)/b18-11-. The predicted molar refractivity (Wildman–Crippen MR) is 133 cm³/mol. The van der Waals surface area contributed by atoms with Crippen molar-refractivity contribution in [3.63, 3.8) is 0 Å². The first-order valence-corrected chi connectivity index (χ1v) is 11.4. The van der Waals surface area contributed by atoms with Gasteiger partial charge in [0.1, 0.15) is 17.2 Å². The fraction of sp³-hybridized carbons (Fsp3) is 0.0800. The maximum atomic E-state index is 12.9. The van der Waals surface area contributed by atoms with Crippen molar-refractivity contribution in [2.75, 3.05) is 12.1 Å². The molecule has 35 heavy (non-hydrogen) atoms. The van der Waals surface area contributed by atoms with E-state index in [4.69, 9.17) is 26.2 Å². The number of anilines is 1. The SMILES string of the molecule is COc1cc(/C=C2/C(=O)NN(c3ccccc3)C2=O)c(Br)c(Cl)c1OCc1ccc(C(=O)O)cc1. The van der Waals surface area contributed by atoms with Gasteiger partial charge in [-0.15, -0.1) is 0 Å². The average molecular weight is 558 g/mol. The molecule has 3 aromatic rings. The van der Waals surface area contributed by atoms with Crippen LogP contribution in [0, 0.1) is 0 Å². The first-order chi connectivity index (χ1) is 16.8. The van der Waals surface area contributed by atoms with E-state index in [0.717, 1.165) is 5.56 Å². The van der Waals surface area contributed by atoms with Gasteiger partial charge in [-0.05, 0) is 63.5 Å². The Hall–Kier alpha value is -3.82. The van der Waals surface area contributed by atoms with Gasteiger partial charge < -0.3 is 14.6 Å². The summed E-state index contributed by atoms with van der Waals surface area (Å²) in [5, 5.41) is 10.4. The second-order valence-electron chi connectivity index (χ2n) is 7.39. The predicted octanol–water partition coefficient (Wildman–Crippen LogP) is 4.85. The number of carboxylic acid groups (broad SMARTS) is 1. The van der Waals surface area contributed by atoms with Gasteiger partial charge in [0, 0.05) is 4.47 Å². The van der Waals surface area contributed by atoms with Crippen LogP contribution in [-0.4, -0.2) is 30.0 Å². The van der Waals surface area contributed by atoms with E-state index in [1.165, 1.54) is 30.3 Å². The highest BCUT2D eigenvalue weighted by Gasteiger charge is 2.34. The van der Waals surface area contributed by atoms with Crippen molar-refractivity contribution in [1.29, 1.82) is 0 Å². The largest absolute Gasteiger partial charge is 0.493 e. The van der Waals surface area contributed by atoms with E-state index in [-0.39, 0.29) is 34.3 Å². The zero-order chi connectivity index (χ0) is 25.1. The molecule has 4 rings (SSSR count). The molecule has 0 aliphatic carbocycles. The highest BCUT2D eigenvalue weighted by molar-refractivity contribution is 9.10. The highest BCUT2D eigenvalue weighted by atomic mass is 79.9. The number of benzene rings is 3. The number of para-hydroxylation sites is 1. The topological polar surface area (TPSA) is 105 Å². The number of nitrogens with one attached hydrogen (secondary N) is 1. The molecule has 1 fully saturated rings. The number of amides is 2. The third kappa shape index (κ3) is 5.01. The number of carboxylic acids is 1. The molecule has 2 N–H and O–H groups in total. The van der Waals surface area contributed by atoms with Crippen LogP contribution in [0.1, 0.15) is 21.5 Å². The third-order valence-corrected chi connectivity index (χ3v) is 6.61. The molecule has 1 aliphatic heterocycles. The molecule has 0 radical (unpaired) electrons. The minimum atomic E-state index is -1.02. The van der Waals surface area contributed by atoms with Crippen LogP contribution >= 0.6 is 27.5 Å². The molecule has 0 atom stereocenters. The summed E-state index contributed by atoms with van der Waals surface area (Å²) in [7, 11) is 1.44. The summed E-state index contributed by atoms with van der Waals surface area (Å²) in [6.45, 7) is 0.107. The molecule has 1 aliphatic rings. The van der Waals surface area contributed by atoms with Crippen molar-refractivity contribution in [3.8, 4) is 11.5 Å². The molecular weight excluding hydrogens is 540 g/mol. The van der Waals surface area contributed by atoms with Gasteiger partial charge in [-0.2, -0.15) is 0 Å². The van der Waals surface area contributed by atoms with Crippen molar-refractivity contribution in [2.24, 2.45) is 0 Å². The van der Waals surface area contributed by atoms with E-state index >= 15 is 0 Å². The summed E-state index contributed by atoms with van der Waals surface area (Å²) in [5.41, 5.74) is 4.35. The summed E-state index contributed by atoms with van der Waals surface area (Å²) < 4.78 is 11.7. The Kier molecular flexibility index (Phi) is 7.09. The molecule has 8 nitrogen and oxygen atoms in total. The van der Waals surface area contributed by atoms with E-state index in [0.29, 0.717) is 15.7 Å². The smallest absolute Gasteiger partial charge is 0.335 e. The van der Waals surface area contributed by atoms with Crippen LogP contribution in [-0.2, 0) is 16.2 Å². The van der Waals surface area contributed by atoms with Gasteiger partial charge in [0.05, 0.1) is 18.4 Å². The fourth-order valence-electron chi connectivity index (χ4n) is 3.37. The van der Waals surface area contributed by atoms with E-state index in [2.05, 4.69) is 21.4 Å². The molecule has 0 aromatic heterocycles. The Labute approximate surface area is 213 Å². The van der Waals surface area contributed by atoms with Crippen LogP contribution in [0.3, 0.4) is 0 Å². The molecule has 0 unspecified atom stereocenters. The average Bonchev–Trinajstić information content (AvgIpc) is 3.15. The van der Waals surface area contributed by atoms with E-state index < -0.39 is 17.8 Å². The number of rotatable bonds is 7. The number of carbonyl (C=O) groups excluding carboxylic acids is 2. The number of methoxy groups -OCH3 is 1. The summed E-state index contributed by atoms with van der Waals surface area (Å²) in [6.07, 6.45) is 1.42. The number of hydrogen-bond donors (Lipinski definition) is 2. The van der Waals surface area contributed by atoms with Crippen molar-refractivity contribution in [1.82, 2.24) is 5.43 Å². The third-order valence-electron chi connectivity index (χ3n) is 5.17. The number of aromatic carboxylic acids is 1. The van der Waals surface area contributed by atoms with Gasteiger partial charge in [0.25, 0.3) is 11.8 Å². The second-order valence-corrected chi connectivity index (χ2v) is 8.56. The van der Waals surface area contributed by atoms with Crippen molar-refractivity contribution in [2.45, 2.75) is 6.61 Å². The number of hydrazine groups is 1. The number of carbonyl (C=O) groups is 3. The van der Waals surface area contributed by atoms with E-state index in [1.807, 2.05) is 6.07 Å². The van der Waals surface area contributed by atoms with Crippen LogP contribution < -0.4 is 19.9 Å². The van der Waals surface area contributed by atoms with Crippen LogP contribution in [0.2, 0.25) is 5.02 Å². The van der Waals surface area contributed by atoms with Gasteiger partial charge in [-0.25, -0.2) is 9.80 Å². The molecular formula is C25H18BrClN2O6. The summed E-state index contributed by atoms with van der Waals surface area (Å²) in [4.78, 5) is 36.5. The Balaban J connectivity index is 1.61. The normalized spacial score (nSPS) is 14.3. The minimum absolute atomic E-state index is 0.0696. The first-order valence-electron chi connectivity index (χ1n) is 10.2. The van der Waals surface area contributed by atoms with Gasteiger partial charge >= 0.3 is 5.97 Å². The van der Waals surface area contributed by atoms with Gasteiger partial charge in [-0.1, -0.05) is 41.9 Å². The molecule has 1 saturated heterocycles. The lowest BCUT2D eigenvalue weighted by Gasteiger charge is -2.15. The Bertz CT molecular complexity index is 1340. The lowest BCUT2D eigenvalue weighted by atomic mass is 10.1. The van der Waals surface area contributed by atoms with Crippen LogP contribution in [0.5, 0.6) is 11.5 Å². The molecule has 3 aromatic carbocycles. The van der Waals surface area contributed by atoms with Gasteiger partial charge in [0.15, 0.2) is 11.5 Å². The van der Waals surface area contributed by atoms with Gasteiger partial charge in [0.2, 0.25) is 0 Å². The summed E-state index contributed by atoms with van der Waals surface area (Å²) in [5.74, 6) is -1.53. The number of nitrogens with zero attached hydrogens (tertiary/aromatic N) is 1. The highest BCUT2D eigenvalue weighted by Crippen LogP contribution is 2.43. The lowest BCUT2D eigenvalue weighted by Crippen LogP contribution is -2.35. The van der Waals surface area contributed by atoms with Crippen LogP contribution in [0.4, 0.5) is 5.69 Å². The molecule has 2 amide bonds. The molecule has 1 heterocycles. The number of ether oxygens (including phenoxy) is 2. The Morgan fingerprint density at radius 1 is 1.14 bits per heavy atom. The maximum Gasteiger partial charge on any atom is 0.335 e. The van der Waals surface area contributed by atoms with Crippen molar-refractivity contribution >= 4 is 57.1 Å². The Morgan fingerprint density at radius 3 is 2.46 bits per heavy atom.